The third kappa shape index (κ3) is 2.07. The van der Waals surface area contributed by atoms with E-state index >= 15 is 0 Å². The monoisotopic (exact) mass is 305 g/mol. The van der Waals surface area contributed by atoms with E-state index < -0.39 is 10.0 Å². The van der Waals surface area contributed by atoms with Gasteiger partial charge in [0, 0.05) is 0 Å². The maximum Gasteiger partial charge on any atom is 0.270 e. The molecular weight excluding hydrogens is 294 g/mol. The van der Waals surface area contributed by atoms with Gasteiger partial charge < -0.3 is 10.5 Å². The van der Waals surface area contributed by atoms with Crippen molar-refractivity contribution in [3.05, 3.63) is 36.9 Å². The highest BCUT2D eigenvalue weighted by atomic mass is 32.2. The molecule has 2 N–H and O–H groups in total. The van der Waals surface area contributed by atoms with Crippen LogP contribution in [-0.2, 0) is 10.0 Å². The Hall–Kier alpha value is -2.68. The molecular formula is C12H11N5O3S. The molecule has 8 nitrogen and oxygen atoms in total. The van der Waals surface area contributed by atoms with E-state index in [0.717, 1.165) is 10.3 Å². The second kappa shape index (κ2) is 4.70. The van der Waals surface area contributed by atoms with Crippen LogP contribution in [0.3, 0.4) is 0 Å². The average Bonchev–Trinajstić information content (AvgIpc) is 2.93. The molecule has 0 atom stereocenters. The number of benzene rings is 1. The maximum absolute atomic E-state index is 12.6. The molecule has 0 amide bonds. The number of ether oxygens (including phenoxy) is 1. The van der Waals surface area contributed by atoms with Crippen molar-refractivity contribution in [2.75, 3.05) is 12.8 Å². The minimum absolute atomic E-state index is 0.0970. The molecule has 0 aliphatic carbocycles. The first-order valence-electron chi connectivity index (χ1n) is 5.87. The molecule has 0 radical (unpaired) electrons. The fourth-order valence-electron chi connectivity index (χ4n) is 1.87. The van der Waals surface area contributed by atoms with Gasteiger partial charge in [-0.25, -0.2) is 27.3 Å². The van der Waals surface area contributed by atoms with E-state index in [-0.39, 0.29) is 21.9 Å². The lowest BCUT2D eigenvalue weighted by atomic mass is 10.3. The zero-order chi connectivity index (χ0) is 15.0. The number of fused-ring (bicyclic) bond motifs is 1. The Morgan fingerprint density at radius 1 is 1.14 bits per heavy atom. The molecule has 0 bridgehead atoms. The topological polar surface area (TPSA) is 113 Å². The zero-order valence-corrected chi connectivity index (χ0v) is 11.8. The van der Waals surface area contributed by atoms with Crippen molar-refractivity contribution in [3.8, 4) is 5.75 Å². The van der Waals surface area contributed by atoms with Crippen molar-refractivity contribution in [2.45, 2.75) is 4.90 Å². The number of nitrogens with zero attached hydrogens (tertiary/aromatic N) is 4. The van der Waals surface area contributed by atoms with E-state index in [9.17, 15) is 8.42 Å². The third-order valence-electron chi connectivity index (χ3n) is 2.95. The summed E-state index contributed by atoms with van der Waals surface area (Å²) in [5.41, 5.74) is 6.03. The van der Waals surface area contributed by atoms with Crippen molar-refractivity contribution < 1.29 is 13.2 Å². The van der Waals surface area contributed by atoms with E-state index in [1.807, 2.05) is 0 Å². The second-order valence-electron chi connectivity index (χ2n) is 4.15. The first kappa shape index (κ1) is 13.3. The SMILES string of the molecule is COc1ccc(S(=O)(=O)n2cnc3c(N)ncnc32)cc1. The van der Waals surface area contributed by atoms with Crippen molar-refractivity contribution in [2.24, 2.45) is 0 Å². The van der Waals surface area contributed by atoms with E-state index in [1.165, 1.54) is 25.6 Å². The molecule has 0 fully saturated rings. The molecule has 9 heteroatoms. The van der Waals surface area contributed by atoms with Crippen LogP contribution in [0.4, 0.5) is 5.82 Å². The number of hydrogen-bond acceptors (Lipinski definition) is 7. The molecule has 0 spiro atoms. The highest BCUT2D eigenvalue weighted by molar-refractivity contribution is 7.90. The molecule has 108 valence electrons. The highest BCUT2D eigenvalue weighted by Gasteiger charge is 2.21. The first-order valence-corrected chi connectivity index (χ1v) is 7.31. The molecule has 21 heavy (non-hydrogen) atoms. The Kier molecular flexibility index (Phi) is 2.98. The van der Waals surface area contributed by atoms with Gasteiger partial charge in [-0.15, -0.1) is 0 Å². The number of nitrogens with two attached hydrogens (primary N) is 1. The van der Waals surface area contributed by atoms with Gasteiger partial charge in [0.1, 0.15) is 18.4 Å². The second-order valence-corrected chi connectivity index (χ2v) is 5.97. The summed E-state index contributed by atoms with van der Waals surface area (Å²) in [6.45, 7) is 0. The van der Waals surface area contributed by atoms with Crippen LogP contribution in [0.1, 0.15) is 0 Å². The van der Waals surface area contributed by atoms with Crippen LogP contribution in [0.15, 0.2) is 41.8 Å². The molecule has 0 saturated heterocycles. The van der Waals surface area contributed by atoms with Crippen LogP contribution >= 0.6 is 0 Å². The average molecular weight is 305 g/mol. The van der Waals surface area contributed by atoms with Gasteiger partial charge >= 0.3 is 0 Å². The fraction of sp³-hybridized carbons (Fsp3) is 0.0833. The van der Waals surface area contributed by atoms with Crippen LogP contribution < -0.4 is 10.5 Å². The summed E-state index contributed by atoms with van der Waals surface area (Å²) >= 11 is 0. The van der Waals surface area contributed by atoms with Crippen molar-refractivity contribution >= 4 is 27.0 Å². The van der Waals surface area contributed by atoms with E-state index in [0.29, 0.717) is 5.75 Å². The summed E-state index contributed by atoms with van der Waals surface area (Å²) in [7, 11) is -2.30. The molecule has 3 rings (SSSR count). The Morgan fingerprint density at radius 3 is 2.52 bits per heavy atom. The molecule has 2 heterocycles. The summed E-state index contributed by atoms with van der Waals surface area (Å²) in [6, 6.07) is 6.03. The Balaban J connectivity index is 2.18. The van der Waals surface area contributed by atoms with E-state index in [4.69, 9.17) is 10.5 Å². The van der Waals surface area contributed by atoms with Gasteiger partial charge in [0.05, 0.1) is 12.0 Å². The largest absolute Gasteiger partial charge is 0.497 e. The van der Waals surface area contributed by atoms with Gasteiger partial charge in [0.15, 0.2) is 17.0 Å². The summed E-state index contributed by atoms with van der Waals surface area (Å²) in [4.78, 5) is 11.8. The highest BCUT2D eigenvalue weighted by Crippen LogP contribution is 2.22. The lowest BCUT2D eigenvalue weighted by molar-refractivity contribution is 0.414. The molecule has 3 aromatic rings. The normalized spacial score (nSPS) is 11.7. The number of rotatable bonds is 3. The lowest BCUT2D eigenvalue weighted by Gasteiger charge is -2.06. The van der Waals surface area contributed by atoms with Crippen molar-refractivity contribution in [1.29, 1.82) is 0 Å². The number of aromatic nitrogens is 4. The van der Waals surface area contributed by atoms with Crippen molar-refractivity contribution in [3.63, 3.8) is 0 Å². The summed E-state index contributed by atoms with van der Waals surface area (Å²) in [6.07, 6.45) is 2.36. The predicted molar refractivity (Wildman–Crippen MR) is 75.3 cm³/mol. The van der Waals surface area contributed by atoms with Gasteiger partial charge in [0.25, 0.3) is 10.0 Å². The minimum Gasteiger partial charge on any atom is -0.497 e. The molecule has 0 aliphatic rings. The van der Waals surface area contributed by atoms with Crippen LogP contribution in [-0.4, -0.2) is 34.5 Å². The third-order valence-corrected chi connectivity index (χ3v) is 4.60. The van der Waals surface area contributed by atoms with Gasteiger partial charge in [-0.05, 0) is 24.3 Å². The lowest BCUT2D eigenvalue weighted by Crippen LogP contribution is -2.12. The molecule has 0 saturated carbocycles. The summed E-state index contributed by atoms with van der Waals surface area (Å²) in [5, 5.41) is 0. The van der Waals surface area contributed by atoms with Gasteiger partial charge in [-0.2, -0.15) is 0 Å². The van der Waals surface area contributed by atoms with Crippen molar-refractivity contribution in [1.82, 2.24) is 18.9 Å². The van der Waals surface area contributed by atoms with Crippen LogP contribution in [0.25, 0.3) is 11.2 Å². The quantitative estimate of drug-likeness (QED) is 0.756. The maximum atomic E-state index is 12.6. The Morgan fingerprint density at radius 2 is 1.86 bits per heavy atom. The van der Waals surface area contributed by atoms with E-state index in [1.54, 1.807) is 12.1 Å². The minimum atomic E-state index is -3.81. The van der Waals surface area contributed by atoms with E-state index in [2.05, 4.69) is 15.0 Å². The summed E-state index contributed by atoms with van der Waals surface area (Å²) < 4.78 is 31.2. The fourth-order valence-corrected chi connectivity index (χ4v) is 3.11. The number of nitrogen functional groups attached to an aromatic ring is 1. The van der Waals surface area contributed by atoms with Crippen LogP contribution in [0.5, 0.6) is 5.75 Å². The molecule has 2 aromatic heterocycles. The standard InChI is InChI=1S/C12H11N5O3S/c1-20-8-2-4-9(5-3-8)21(18,19)17-7-16-10-11(13)14-6-15-12(10)17/h2-7H,1H3,(H2,13,14,15). The van der Waals surface area contributed by atoms with Gasteiger partial charge in [-0.1, -0.05) is 0 Å². The van der Waals surface area contributed by atoms with Crippen LogP contribution in [0.2, 0.25) is 0 Å². The Bertz CT molecular complexity index is 902. The Labute approximate surface area is 120 Å². The van der Waals surface area contributed by atoms with Crippen LogP contribution in [0, 0.1) is 0 Å². The smallest absolute Gasteiger partial charge is 0.270 e. The number of imidazole rings is 1. The van der Waals surface area contributed by atoms with Gasteiger partial charge in [-0.3, -0.25) is 0 Å². The molecule has 0 unspecified atom stereocenters. The van der Waals surface area contributed by atoms with Gasteiger partial charge in [0.2, 0.25) is 0 Å². The molecule has 1 aromatic carbocycles. The molecule has 0 aliphatic heterocycles. The number of methoxy groups -OCH3 is 1. The number of anilines is 1. The predicted octanol–water partition coefficient (Wildman–Crippen LogP) is 0.654. The first-order chi connectivity index (χ1) is 10.0. The summed E-state index contributed by atoms with van der Waals surface area (Å²) in [5.74, 6) is 0.694. The number of hydrogen-bond donors (Lipinski definition) is 1. The zero-order valence-electron chi connectivity index (χ0n) is 11.0.